The van der Waals surface area contributed by atoms with Gasteiger partial charge in [0.25, 0.3) is 5.91 Å². The van der Waals surface area contributed by atoms with E-state index in [2.05, 4.69) is 0 Å². The Hall–Kier alpha value is -2.53. The first kappa shape index (κ1) is 16.3. The summed E-state index contributed by atoms with van der Waals surface area (Å²) in [5, 5.41) is 19.4. The number of amides is 1. The molecule has 5 nitrogen and oxygen atoms in total. The van der Waals surface area contributed by atoms with E-state index in [4.69, 9.17) is 4.74 Å². The zero-order chi connectivity index (χ0) is 17.1. The minimum absolute atomic E-state index is 0.00194. The number of nitrogens with zero attached hydrogens (tertiary/aromatic N) is 1. The highest BCUT2D eigenvalue weighted by molar-refractivity contribution is 6.01. The third-order valence-electron chi connectivity index (χ3n) is 4.42. The number of ether oxygens (including phenoxy) is 1. The summed E-state index contributed by atoms with van der Waals surface area (Å²) in [5.74, 6) is 0.399. The largest absolute Gasteiger partial charge is 0.508 e. The van der Waals surface area contributed by atoms with Gasteiger partial charge in [-0.2, -0.15) is 0 Å². The van der Waals surface area contributed by atoms with Gasteiger partial charge in [0.15, 0.2) is 0 Å². The van der Waals surface area contributed by atoms with Gasteiger partial charge in [-0.25, -0.2) is 0 Å². The molecule has 126 valence electrons. The Bertz CT molecular complexity index is 743. The molecule has 0 atom stereocenters. The van der Waals surface area contributed by atoms with Crippen molar-refractivity contribution in [3.8, 4) is 11.5 Å². The van der Waals surface area contributed by atoms with E-state index in [1.54, 1.807) is 4.90 Å². The van der Waals surface area contributed by atoms with E-state index in [1.807, 2.05) is 30.3 Å². The van der Waals surface area contributed by atoms with Crippen LogP contribution in [-0.2, 0) is 19.4 Å². The summed E-state index contributed by atoms with van der Waals surface area (Å²) in [6.45, 7) is 0.937. The quantitative estimate of drug-likeness (QED) is 0.853. The molecule has 0 aliphatic carbocycles. The van der Waals surface area contributed by atoms with Crippen molar-refractivity contribution in [1.29, 1.82) is 0 Å². The molecule has 0 saturated carbocycles. The van der Waals surface area contributed by atoms with Crippen molar-refractivity contribution < 1.29 is 19.7 Å². The molecule has 0 unspecified atom stereocenters. The average molecular weight is 327 g/mol. The number of hydrogen-bond acceptors (Lipinski definition) is 4. The molecule has 0 saturated heterocycles. The normalized spacial score (nSPS) is 13.2. The standard InChI is InChI=1S/C19H21NO4/c1-24-17-11-16(22)14(8-10-21)18-15(17)12-20(19(18)23)9-7-13-5-3-2-4-6-13/h2-6,11,21-22H,7-10,12H2,1H3. The van der Waals surface area contributed by atoms with Crippen molar-refractivity contribution in [3.63, 3.8) is 0 Å². The molecule has 2 aromatic carbocycles. The molecule has 1 amide bonds. The number of aromatic hydroxyl groups is 1. The topological polar surface area (TPSA) is 70.0 Å². The van der Waals surface area contributed by atoms with Crippen LogP contribution in [-0.4, -0.2) is 41.3 Å². The number of benzene rings is 2. The summed E-state index contributed by atoms with van der Waals surface area (Å²) >= 11 is 0. The van der Waals surface area contributed by atoms with Gasteiger partial charge in [-0.3, -0.25) is 4.79 Å². The zero-order valence-corrected chi connectivity index (χ0v) is 13.7. The first-order valence-electron chi connectivity index (χ1n) is 8.01. The fourth-order valence-corrected chi connectivity index (χ4v) is 3.20. The summed E-state index contributed by atoms with van der Waals surface area (Å²) in [7, 11) is 1.53. The van der Waals surface area contributed by atoms with Crippen LogP contribution < -0.4 is 4.74 Å². The molecule has 0 spiro atoms. The maximum absolute atomic E-state index is 12.8. The van der Waals surface area contributed by atoms with Gasteiger partial charge in [-0.15, -0.1) is 0 Å². The molecular weight excluding hydrogens is 306 g/mol. The highest BCUT2D eigenvalue weighted by Crippen LogP contribution is 2.38. The van der Waals surface area contributed by atoms with Gasteiger partial charge in [0, 0.05) is 30.3 Å². The second-order valence-electron chi connectivity index (χ2n) is 5.87. The first-order valence-corrected chi connectivity index (χ1v) is 8.01. The maximum Gasteiger partial charge on any atom is 0.255 e. The van der Waals surface area contributed by atoms with Gasteiger partial charge in [-0.05, 0) is 18.4 Å². The Morgan fingerprint density at radius 2 is 1.96 bits per heavy atom. The maximum atomic E-state index is 12.8. The van der Waals surface area contributed by atoms with Crippen molar-refractivity contribution in [1.82, 2.24) is 4.90 Å². The number of phenols is 1. The summed E-state index contributed by atoms with van der Waals surface area (Å²) < 4.78 is 5.33. The molecule has 3 rings (SSSR count). The Morgan fingerprint density at radius 1 is 1.21 bits per heavy atom. The SMILES string of the molecule is COc1cc(O)c(CCO)c2c1CN(CCc1ccccc1)C2=O. The lowest BCUT2D eigenvalue weighted by atomic mass is 9.98. The van der Waals surface area contributed by atoms with Crippen LogP contribution in [0.3, 0.4) is 0 Å². The Labute approximate surface area is 141 Å². The van der Waals surface area contributed by atoms with Crippen molar-refractivity contribution in [3.05, 3.63) is 58.7 Å². The lowest BCUT2D eigenvalue weighted by molar-refractivity contribution is 0.0779. The second-order valence-corrected chi connectivity index (χ2v) is 5.87. The first-order chi connectivity index (χ1) is 11.7. The molecule has 2 N–H and O–H groups in total. The monoisotopic (exact) mass is 327 g/mol. The zero-order valence-electron chi connectivity index (χ0n) is 13.7. The van der Waals surface area contributed by atoms with Gasteiger partial charge in [0.2, 0.25) is 0 Å². The van der Waals surface area contributed by atoms with E-state index in [-0.39, 0.29) is 24.7 Å². The van der Waals surface area contributed by atoms with Crippen molar-refractivity contribution in [2.24, 2.45) is 0 Å². The molecule has 1 heterocycles. The molecule has 1 aliphatic heterocycles. The summed E-state index contributed by atoms with van der Waals surface area (Å²) in [6, 6.07) is 11.5. The molecule has 0 radical (unpaired) electrons. The summed E-state index contributed by atoms with van der Waals surface area (Å²) in [6.07, 6.45) is 1.01. The van der Waals surface area contributed by atoms with Crippen molar-refractivity contribution >= 4 is 5.91 Å². The third kappa shape index (κ3) is 2.95. The van der Waals surface area contributed by atoms with Crippen LogP contribution >= 0.6 is 0 Å². The van der Waals surface area contributed by atoms with Crippen molar-refractivity contribution in [2.75, 3.05) is 20.3 Å². The van der Waals surface area contributed by atoms with Crippen LogP contribution in [0.15, 0.2) is 36.4 Å². The number of phenolic OH excluding ortho intramolecular Hbond substituents is 1. The van der Waals surface area contributed by atoms with E-state index in [9.17, 15) is 15.0 Å². The number of carbonyl (C=O) groups excluding carboxylic acids is 1. The lowest BCUT2D eigenvalue weighted by Crippen LogP contribution is -2.26. The number of rotatable bonds is 6. The number of aliphatic hydroxyl groups is 1. The predicted molar refractivity (Wildman–Crippen MR) is 90.3 cm³/mol. The molecule has 5 heteroatoms. The van der Waals surface area contributed by atoms with E-state index < -0.39 is 0 Å². The number of fused-ring (bicyclic) bond motifs is 1. The number of hydrogen-bond donors (Lipinski definition) is 2. The van der Waals surface area contributed by atoms with Crippen LogP contribution in [0.1, 0.15) is 27.0 Å². The Kier molecular flexibility index (Phi) is 4.71. The van der Waals surface area contributed by atoms with Gasteiger partial charge < -0.3 is 19.8 Å². The number of aliphatic hydroxyl groups excluding tert-OH is 1. The predicted octanol–water partition coefficient (Wildman–Crippen LogP) is 2.13. The molecule has 1 aliphatic rings. The number of methoxy groups -OCH3 is 1. The lowest BCUT2D eigenvalue weighted by Gasteiger charge is -2.15. The van der Waals surface area contributed by atoms with Crippen molar-refractivity contribution in [2.45, 2.75) is 19.4 Å². The fourth-order valence-electron chi connectivity index (χ4n) is 3.20. The number of carbonyl (C=O) groups is 1. The minimum Gasteiger partial charge on any atom is -0.508 e. The molecule has 0 aromatic heterocycles. The van der Waals surface area contributed by atoms with Crippen LogP contribution in [0.5, 0.6) is 11.5 Å². The fraction of sp³-hybridized carbons (Fsp3) is 0.316. The third-order valence-corrected chi connectivity index (χ3v) is 4.42. The Balaban J connectivity index is 1.87. The van der Waals surface area contributed by atoms with Gasteiger partial charge >= 0.3 is 0 Å². The smallest absolute Gasteiger partial charge is 0.255 e. The van der Waals surface area contributed by atoms with Gasteiger partial charge in [-0.1, -0.05) is 30.3 Å². The molecular formula is C19H21NO4. The van der Waals surface area contributed by atoms with Gasteiger partial charge in [0.1, 0.15) is 11.5 Å². The highest BCUT2D eigenvalue weighted by Gasteiger charge is 2.33. The average Bonchev–Trinajstić information content (AvgIpc) is 2.93. The van der Waals surface area contributed by atoms with E-state index in [0.717, 1.165) is 12.0 Å². The minimum atomic E-state index is -0.121. The Morgan fingerprint density at radius 3 is 2.62 bits per heavy atom. The second kappa shape index (κ2) is 6.93. The molecule has 0 fully saturated rings. The molecule has 24 heavy (non-hydrogen) atoms. The molecule has 2 aromatic rings. The van der Waals surface area contributed by atoms with Gasteiger partial charge in [0.05, 0.1) is 19.2 Å². The summed E-state index contributed by atoms with van der Waals surface area (Å²) in [5.41, 5.74) is 2.94. The van der Waals surface area contributed by atoms with E-state index in [1.165, 1.54) is 18.7 Å². The summed E-state index contributed by atoms with van der Waals surface area (Å²) in [4.78, 5) is 14.6. The molecule has 0 bridgehead atoms. The van der Waals surface area contributed by atoms with Crippen LogP contribution in [0.2, 0.25) is 0 Å². The van der Waals surface area contributed by atoms with Crippen LogP contribution in [0.25, 0.3) is 0 Å². The highest BCUT2D eigenvalue weighted by atomic mass is 16.5. The van der Waals surface area contributed by atoms with E-state index in [0.29, 0.717) is 30.0 Å². The van der Waals surface area contributed by atoms with Crippen LogP contribution in [0, 0.1) is 0 Å². The van der Waals surface area contributed by atoms with E-state index >= 15 is 0 Å². The van der Waals surface area contributed by atoms with Crippen LogP contribution in [0.4, 0.5) is 0 Å².